The lowest BCUT2D eigenvalue weighted by Gasteiger charge is -2.33. The first-order chi connectivity index (χ1) is 12.3. The maximum absolute atomic E-state index is 12.7. The van der Waals surface area contributed by atoms with Crippen LogP contribution in [0.5, 0.6) is 0 Å². The Morgan fingerprint density at radius 1 is 1.12 bits per heavy atom. The number of piperidine rings is 1. The third-order valence-corrected chi connectivity index (χ3v) is 5.55. The van der Waals surface area contributed by atoms with Gasteiger partial charge in [-0.25, -0.2) is 4.79 Å². The van der Waals surface area contributed by atoms with E-state index >= 15 is 0 Å². The molecule has 0 aliphatic carbocycles. The van der Waals surface area contributed by atoms with Gasteiger partial charge in [-0.2, -0.15) is 0 Å². The summed E-state index contributed by atoms with van der Waals surface area (Å²) in [5.41, 5.74) is 2.43. The van der Waals surface area contributed by atoms with Gasteiger partial charge in [0.25, 0.3) is 0 Å². The van der Waals surface area contributed by atoms with Crippen molar-refractivity contribution in [1.82, 2.24) is 10.2 Å². The van der Waals surface area contributed by atoms with Crippen LogP contribution in [0, 0.1) is 11.8 Å². The van der Waals surface area contributed by atoms with Gasteiger partial charge < -0.3 is 15.3 Å². The zero-order valence-corrected chi connectivity index (χ0v) is 16.4. The van der Waals surface area contributed by atoms with Crippen molar-refractivity contribution in [3.05, 3.63) is 35.4 Å². The van der Waals surface area contributed by atoms with Gasteiger partial charge in [0.05, 0.1) is 12.0 Å². The molecule has 144 valence electrons. The Balaban J connectivity index is 2.02. The molecule has 0 saturated carbocycles. The lowest BCUT2D eigenvalue weighted by atomic mass is 9.92. The number of carboxylic acids is 1. The fourth-order valence-corrected chi connectivity index (χ4v) is 3.46. The first kappa shape index (κ1) is 20.3. The van der Waals surface area contributed by atoms with E-state index in [2.05, 4.69) is 57.3 Å². The van der Waals surface area contributed by atoms with E-state index in [1.165, 1.54) is 5.56 Å². The van der Waals surface area contributed by atoms with Crippen LogP contribution in [0.1, 0.15) is 70.0 Å². The first-order valence-corrected chi connectivity index (χ1v) is 9.71. The number of urea groups is 1. The highest BCUT2D eigenvalue weighted by molar-refractivity contribution is 5.76. The number of aliphatic carboxylic acids is 1. The largest absolute Gasteiger partial charge is 0.481 e. The molecule has 1 saturated heterocycles. The van der Waals surface area contributed by atoms with Crippen molar-refractivity contribution in [2.75, 3.05) is 13.1 Å². The SMILES string of the molecule is CCC(C)c1ccc(C(NC(=O)N2CCC(C(=O)O)CC2)C(C)C)cc1. The number of nitrogens with zero attached hydrogens (tertiary/aromatic N) is 1. The van der Waals surface area contributed by atoms with Gasteiger partial charge in [0.2, 0.25) is 0 Å². The van der Waals surface area contributed by atoms with Crippen LogP contribution in [0.4, 0.5) is 4.79 Å². The molecule has 2 unspecified atom stereocenters. The molecule has 1 aromatic rings. The van der Waals surface area contributed by atoms with E-state index in [1.807, 2.05) is 0 Å². The minimum Gasteiger partial charge on any atom is -0.481 e. The maximum atomic E-state index is 12.7. The minimum absolute atomic E-state index is 0.0503. The highest BCUT2D eigenvalue weighted by Gasteiger charge is 2.28. The lowest BCUT2D eigenvalue weighted by molar-refractivity contribution is -0.143. The molecule has 5 nitrogen and oxygen atoms in total. The lowest BCUT2D eigenvalue weighted by Crippen LogP contribution is -2.47. The number of carbonyl (C=O) groups is 2. The van der Waals surface area contributed by atoms with E-state index in [1.54, 1.807) is 4.90 Å². The molecule has 26 heavy (non-hydrogen) atoms. The zero-order chi connectivity index (χ0) is 19.3. The van der Waals surface area contributed by atoms with Crippen molar-refractivity contribution in [3.63, 3.8) is 0 Å². The summed E-state index contributed by atoms with van der Waals surface area (Å²) in [6.07, 6.45) is 2.16. The van der Waals surface area contributed by atoms with E-state index in [9.17, 15) is 9.59 Å². The van der Waals surface area contributed by atoms with Crippen LogP contribution in [0.25, 0.3) is 0 Å². The maximum Gasteiger partial charge on any atom is 0.317 e. The first-order valence-electron chi connectivity index (χ1n) is 9.71. The Kier molecular flexibility index (Phi) is 7.06. The van der Waals surface area contributed by atoms with Gasteiger partial charge in [0.1, 0.15) is 0 Å². The van der Waals surface area contributed by atoms with Crippen LogP contribution in [-0.4, -0.2) is 35.1 Å². The molecule has 5 heteroatoms. The molecule has 2 N–H and O–H groups in total. The van der Waals surface area contributed by atoms with Gasteiger partial charge in [0.15, 0.2) is 0 Å². The molecule has 2 amide bonds. The van der Waals surface area contributed by atoms with Crippen LogP contribution in [0.3, 0.4) is 0 Å². The molecule has 0 aromatic heterocycles. The topological polar surface area (TPSA) is 69.6 Å². The van der Waals surface area contributed by atoms with Gasteiger partial charge in [0, 0.05) is 13.1 Å². The Hall–Kier alpha value is -2.04. The van der Waals surface area contributed by atoms with E-state index in [0.717, 1.165) is 12.0 Å². The van der Waals surface area contributed by atoms with Crippen molar-refractivity contribution in [2.24, 2.45) is 11.8 Å². The van der Waals surface area contributed by atoms with Crippen molar-refractivity contribution >= 4 is 12.0 Å². The monoisotopic (exact) mass is 360 g/mol. The van der Waals surface area contributed by atoms with Crippen LogP contribution >= 0.6 is 0 Å². The van der Waals surface area contributed by atoms with E-state index < -0.39 is 5.97 Å². The molecule has 2 atom stereocenters. The Labute approximate surface area is 156 Å². The van der Waals surface area contributed by atoms with Crippen LogP contribution in [0.15, 0.2) is 24.3 Å². The molecule has 2 rings (SSSR count). The van der Waals surface area contributed by atoms with Gasteiger partial charge >= 0.3 is 12.0 Å². The van der Waals surface area contributed by atoms with Crippen molar-refractivity contribution in [3.8, 4) is 0 Å². The molecular weight excluding hydrogens is 328 g/mol. The number of carbonyl (C=O) groups excluding carboxylic acids is 1. The second-order valence-electron chi connectivity index (χ2n) is 7.75. The molecule has 0 radical (unpaired) electrons. The van der Waals surface area contributed by atoms with E-state index in [0.29, 0.717) is 31.8 Å². The number of nitrogens with one attached hydrogen (secondary N) is 1. The standard InChI is InChI=1S/C21H32N2O3/c1-5-15(4)16-6-8-17(9-7-16)19(14(2)3)22-21(26)23-12-10-18(11-13-23)20(24)25/h6-9,14-15,18-19H,5,10-13H2,1-4H3,(H,22,26)(H,24,25). The van der Waals surface area contributed by atoms with Crippen molar-refractivity contribution in [1.29, 1.82) is 0 Å². The van der Waals surface area contributed by atoms with Gasteiger partial charge in [-0.1, -0.05) is 52.0 Å². The molecule has 1 aliphatic heterocycles. The fourth-order valence-electron chi connectivity index (χ4n) is 3.46. The van der Waals surface area contributed by atoms with Crippen LogP contribution < -0.4 is 5.32 Å². The molecule has 1 aromatic carbocycles. The zero-order valence-electron chi connectivity index (χ0n) is 16.4. The van der Waals surface area contributed by atoms with Gasteiger partial charge in [-0.05, 0) is 42.2 Å². The molecular formula is C21H32N2O3. The summed E-state index contributed by atoms with van der Waals surface area (Å²) in [7, 11) is 0. The number of hydrogen-bond acceptors (Lipinski definition) is 2. The molecule has 1 aliphatic rings. The molecule has 1 fully saturated rings. The van der Waals surface area contributed by atoms with Gasteiger partial charge in [-0.3, -0.25) is 4.79 Å². The number of carboxylic acid groups (broad SMARTS) is 1. The summed E-state index contributed by atoms with van der Waals surface area (Å²) in [6.45, 7) is 9.61. The summed E-state index contributed by atoms with van der Waals surface area (Å²) < 4.78 is 0. The summed E-state index contributed by atoms with van der Waals surface area (Å²) in [4.78, 5) is 25.5. The normalized spacial score (nSPS) is 17.8. The van der Waals surface area contributed by atoms with Crippen LogP contribution in [0.2, 0.25) is 0 Å². The summed E-state index contributed by atoms with van der Waals surface area (Å²) in [5, 5.41) is 12.2. The molecule has 1 heterocycles. The van der Waals surface area contributed by atoms with Crippen LogP contribution in [-0.2, 0) is 4.79 Å². The quantitative estimate of drug-likeness (QED) is 0.790. The number of hydrogen-bond donors (Lipinski definition) is 2. The highest BCUT2D eigenvalue weighted by atomic mass is 16.4. The minimum atomic E-state index is -0.758. The number of likely N-dealkylation sites (tertiary alicyclic amines) is 1. The molecule has 0 bridgehead atoms. The fraction of sp³-hybridized carbons (Fsp3) is 0.619. The predicted molar refractivity (Wildman–Crippen MR) is 103 cm³/mol. The summed E-state index contributed by atoms with van der Waals surface area (Å²) >= 11 is 0. The Morgan fingerprint density at radius 2 is 1.65 bits per heavy atom. The number of rotatable bonds is 6. The molecule has 0 spiro atoms. The second-order valence-corrected chi connectivity index (χ2v) is 7.75. The second kappa shape index (κ2) is 9.06. The van der Waals surface area contributed by atoms with Crippen molar-refractivity contribution in [2.45, 2.75) is 58.9 Å². The smallest absolute Gasteiger partial charge is 0.317 e. The Bertz CT molecular complexity index is 604. The van der Waals surface area contributed by atoms with E-state index in [-0.39, 0.29) is 23.9 Å². The summed E-state index contributed by atoms with van der Waals surface area (Å²) in [5.74, 6) is -0.281. The number of amides is 2. The van der Waals surface area contributed by atoms with Crippen molar-refractivity contribution < 1.29 is 14.7 Å². The average Bonchev–Trinajstić information content (AvgIpc) is 2.65. The average molecular weight is 360 g/mol. The third kappa shape index (κ3) is 4.99. The number of benzene rings is 1. The third-order valence-electron chi connectivity index (χ3n) is 5.55. The van der Waals surface area contributed by atoms with E-state index in [4.69, 9.17) is 5.11 Å². The highest BCUT2D eigenvalue weighted by Crippen LogP contribution is 2.26. The van der Waals surface area contributed by atoms with Gasteiger partial charge in [-0.15, -0.1) is 0 Å². The summed E-state index contributed by atoms with van der Waals surface area (Å²) in [6, 6.07) is 8.39. The predicted octanol–water partition coefficient (Wildman–Crippen LogP) is 4.40. The Morgan fingerprint density at radius 3 is 2.12 bits per heavy atom.